The molecule has 2 bridgehead atoms. The number of halogens is 1. The van der Waals surface area contributed by atoms with Crippen molar-refractivity contribution < 1.29 is 31.7 Å². The second kappa shape index (κ2) is 7.84. The number of piperidine rings is 1. The Bertz CT molecular complexity index is 730. The SMILES string of the molecule is C[N+]1(C)C2CCC1CC(CC(c1cccc(O)c1)c1cccc(O)c1)C2.[Br-]. The van der Waals surface area contributed by atoms with Gasteiger partial charge in [0, 0.05) is 31.6 Å². The molecule has 0 aromatic heterocycles. The zero-order valence-corrected chi connectivity index (χ0v) is 17.8. The van der Waals surface area contributed by atoms with Gasteiger partial charge in [0.25, 0.3) is 0 Å². The topological polar surface area (TPSA) is 40.5 Å². The molecule has 27 heavy (non-hydrogen) atoms. The second-order valence-corrected chi connectivity index (χ2v) is 8.83. The lowest BCUT2D eigenvalue weighted by Gasteiger charge is -2.45. The predicted octanol–water partition coefficient (Wildman–Crippen LogP) is 1.64. The van der Waals surface area contributed by atoms with Crippen LogP contribution < -0.4 is 17.0 Å². The summed E-state index contributed by atoms with van der Waals surface area (Å²) < 4.78 is 1.19. The third-order valence-corrected chi connectivity index (χ3v) is 7.04. The molecule has 146 valence electrons. The van der Waals surface area contributed by atoms with Crippen LogP contribution in [0.1, 0.15) is 49.1 Å². The van der Waals surface area contributed by atoms with Gasteiger partial charge in [-0.25, -0.2) is 0 Å². The summed E-state index contributed by atoms with van der Waals surface area (Å²) in [5.41, 5.74) is 2.28. The van der Waals surface area contributed by atoms with Crippen molar-refractivity contribution in [2.24, 2.45) is 5.92 Å². The molecule has 3 nitrogen and oxygen atoms in total. The van der Waals surface area contributed by atoms with E-state index in [1.807, 2.05) is 24.3 Å². The summed E-state index contributed by atoms with van der Waals surface area (Å²) in [4.78, 5) is 0. The second-order valence-electron chi connectivity index (χ2n) is 8.83. The van der Waals surface area contributed by atoms with Crippen LogP contribution in [0.3, 0.4) is 0 Å². The Hall–Kier alpha value is -1.52. The molecule has 0 saturated carbocycles. The monoisotopic (exact) mass is 431 g/mol. The van der Waals surface area contributed by atoms with Gasteiger partial charge in [0.15, 0.2) is 0 Å². The summed E-state index contributed by atoms with van der Waals surface area (Å²) in [5, 5.41) is 20.0. The summed E-state index contributed by atoms with van der Waals surface area (Å²) in [7, 11) is 4.81. The van der Waals surface area contributed by atoms with E-state index in [0.29, 0.717) is 17.4 Å². The van der Waals surface area contributed by atoms with Crippen molar-refractivity contribution in [2.45, 2.75) is 50.1 Å². The number of rotatable bonds is 4. The van der Waals surface area contributed by atoms with Crippen LogP contribution in [0, 0.1) is 5.92 Å². The molecule has 4 heteroatoms. The van der Waals surface area contributed by atoms with Crippen LogP contribution in [0.4, 0.5) is 0 Å². The summed E-state index contributed by atoms with van der Waals surface area (Å²) >= 11 is 0. The number of aromatic hydroxyl groups is 2. The summed E-state index contributed by atoms with van der Waals surface area (Å²) in [5.74, 6) is 1.55. The van der Waals surface area contributed by atoms with E-state index < -0.39 is 0 Å². The highest BCUT2D eigenvalue weighted by molar-refractivity contribution is 5.39. The molecule has 2 saturated heterocycles. The van der Waals surface area contributed by atoms with Crippen LogP contribution in [-0.2, 0) is 0 Å². The molecular weight excluding hydrogens is 402 g/mol. The van der Waals surface area contributed by atoms with Crippen molar-refractivity contribution >= 4 is 0 Å². The first-order chi connectivity index (χ1) is 12.4. The van der Waals surface area contributed by atoms with E-state index in [-0.39, 0.29) is 22.9 Å². The number of hydrogen-bond donors (Lipinski definition) is 2. The number of nitrogens with zero attached hydrogens (tertiary/aromatic N) is 1. The average molecular weight is 432 g/mol. The van der Waals surface area contributed by atoms with Gasteiger partial charge in [0.2, 0.25) is 0 Å². The first-order valence-electron chi connectivity index (χ1n) is 9.84. The quantitative estimate of drug-likeness (QED) is 0.722. The van der Waals surface area contributed by atoms with Crippen LogP contribution in [0.5, 0.6) is 11.5 Å². The third-order valence-electron chi connectivity index (χ3n) is 7.04. The predicted molar refractivity (Wildman–Crippen MR) is 104 cm³/mol. The Morgan fingerprint density at radius 2 is 1.37 bits per heavy atom. The van der Waals surface area contributed by atoms with E-state index >= 15 is 0 Å². The van der Waals surface area contributed by atoms with Crippen LogP contribution >= 0.6 is 0 Å². The molecule has 2 aliphatic rings. The standard InChI is InChI=1S/C23H29NO2.BrH/c1-24(2)19-9-10-20(24)12-16(11-19)13-23(17-5-3-7-21(25)14-17)18-6-4-8-22(26)15-18;/h3-8,14-16,19-20,23H,9-13H2,1-2H3,(H-,25,26);1H. The molecule has 2 aliphatic heterocycles. The Labute approximate surface area is 173 Å². The van der Waals surface area contributed by atoms with Gasteiger partial charge < -0.3 is 31.7 Å². The number of quaternary nitrogens is 1. The highest BCUT2D eigenvalue weighted by Gasteiger charge is 2.49. The Morgan fingerprint density at radius 1 is 0.889 bits per heavy atom. The zero-order chi connectivity index (χ0) is 18.3. The highest BCUT2D eigenvalue weighted by atomic mass is 79.9. The zero-order valence-electron chi connectivity index (χ0n) is 16.2. The van der Waals surface area contributed by atoms with Gasteiger partial charge >= 0.3 is 0 Å². The summed E-state index contributed by atoms with van der Waals surface area (Å²) in [6, 6.07) is 16.8. The third kappa shape index (κ3) is 4.02. The van der Waals surface area contributed by atoms with Crippen molar-refractivity contribution in [3.05, 3.63) is 59.7 Å². The van der Waals surface area contributed by atoms with Crippen molar-refractivity contribution in [1.82, 2.24) is 0 Å². The minimum Gasteiger partial charge on any atom is -1.00 e. The van der Waals surface area contributed by atoms with Gasteiger partial charge in [-0.15, -0.1) is 0 Å². The smallest absolute Gasteiger partial charge is 0.115 e. The number of fused-ring (bicyclic) bond motifs is 2. The van der Waals surface area contributed by atoms with E-state index in [1.165, 1.54) is 30.2 Å². The van der Waals surface area contributed by atoms with Crippen LogP contribution in [0.25, 0.3) is 0 Å². The first-order valence-corrected chi connectivity index (χ1v) is 9.84. The fourth-order valence-corrected chi connectivity index (χ4v) is 5.47. The van der Waals surface area contributed by atoms with Gasteiger partial charge in [-0.3, -0.25) is 0 Å². The lowest BCUT2D eigenvalue weighted by atomic mass is 9.78. The Morgan fingerprint density at radius 3 is 1.81 bits per heavy atom. The van der Waals surface area contributed by atoms with Crippen molar-refractivity contribution in [3.8, 4) is 11.5 Å². The van der Waals surface area contributed by atoms with E-state index in [0.717, 1.165) is 29.6 Å². The maximum Gasteiger partial charge on any atom is 0.115 e. The van der Waals surface area contributed by atoms with Crippen LogP contribution in [0.2, 0.25) is 0 Å². The molecular formula is C23H30BrNO2. The van der Waals surface area contributed by atoms with Crippen molar-refractivity contribution in [2.75, 3.05) is 14.1 Å². The molecule has 0 spiro atoms. The lowest BCUT2D eigenvalue weighted by molar-refractivity contribution is -0.931. The molecule has 2 atom stereocenters. The average Bonchev–Trinajstić information content (AvgIpc) is 2.77. The van der Waals surface area contributed by atoms with E-state index in [2.05, 4.69) is 26.2 Å². The molecule has 0 radical (unpaired) electrons. The van der Waals surface area contributed by atoms with Crippen molar-refractivity contribution in [3.63, 3.8) is 0 Å². The van der Waals surface area contributed by atoms with Gasteiger partial charge in [-0.1, -0.05) is 24.3 Å². The Balaban J connectivity index is 0.00000210. The summed E-state index contributed by atoms with van der Waals surface area (Å²) in [6.45, 7) is 0. The molecule has 0 amide bonds. The molecule has 2 heterocycles. The molecule has 2 fully saturated rings. The molecule has 0 aliphatic carbocycles. The minimum absolute atomic E-state index is 0. The molecule has 2 unspecified atom stereocenters. The summed E-state index contributed by atoms with van der Waals surface area (Å²) in [6.07, 6.45) is 6.38. The maximum atomic E-state index is 9.98. The fourth-order valence-electron chi connectivity index (χ4n) is 5.47. The van der Waals surface area contributed by atoms with Crippen LogP contribution in [0.15, 0.2) is 48.5 Å². The number of phenols is 2. The molecule has 2 aromatic carbocycles. The van der Waals surface area contributed by atoms with Gasteiger partial charge in [0.05, 0.1) is 26.2 Å². The highest BCUT2D eigenvalue weighted by Crippen LogP contribution is 2.46. The Kier molecular flexibility index (Phi) is 5.87. The molecule has 4 rings (SSSR count). The van der Waals surface area contributed by atoms with E-state index in [4.69, 9.17) is 0 Å². The van der Waals surface area contributed by atoms with Crippen LogP contribution in [-0.4, -0.2) is 40.9 Å². The van der Waals surface area contributed by atoms with Gasteiger partial charge in [-0.05, 0) is 47.7 Å². The van der Waals surface area contributed by atoms with Crippen molar-refractivity contribution in [1.29, 1.82) is 0 Å². The largest absolute Gasteiger partial charge is 1.00 e. The molecule has 2 N–H and O–H groups in total. The normalized spacial score (nSPS) is 26.0. The first kappa shape index (κ1) is 20.2. The minimum atomic E-state index is 0. The van der Waals surface area contributed by atoms with E-state index in [9.17, 15) is 10.2 Å². The maximum absolute atomic E-state index is 9.98. The van der Waals surface area contributed by atoms with Gasteiger partial charge in [0.1, 0.15) is 11.5 Å². The van der Waals surface area contributed by atoms with E-state index in [1.54, 1.807) is 12.1 Å². The number of phenolic OH excluding ortho intramolecular Hbond substituents is 2. The fraction of sp³-hybridized carbons (Fsp3) is 0.478. The number of hydrogen-bond acceptors (Lipinski definition) is 2. The van der Waals surface area contributed by atoms with Gasteiger partial charge in [-0.2, -0.15) is 0 Å². The number of benzene rings is 2. The lowest BCUT2D eigenvalue weighted by Crippen LogP contribution is -3.00. The molecule has 2 aromatic rings.